The van der Waals surface area contributed by atoms with Crippen LogP contribution in [0, 0.1) is 49.5 Å². The molecule has 0 radical (unpaired) electrons. The van der Waals surface area contributed by atoms with Gasteiger partial charge in [0.05, 0.1) is 0 Å². The van der Waals surface area contributed by atoms with Crippen LogP contribution < -0.4 is 14.4 Å². The molecule has 1 aliphatic heterocycles. The van der Waals surface area contributed by atoms with Gasteiger partial charge in [-0.15, -0.1) is 65.3 Å². The molecule has 264 valence electrons. The summed E-state index contributed by atoms with van der Waals surface area (Å²) in [5, 5.41) is 0. The third-order valence-corrected chi connectivity index (χ3v) is 7.64. The number of pyridine rings is 1. The minimum atomic E-state index is 0. The maximum absolute atomic E-state index is 6.57. The van der Waals surface area contributed by atoms with E-state index in [4.69, 9.17) is 15.9 Å². The minimum Gasteiger partial charge on any atom is -0.669 e. The number of aromatic nitrogens is 2. The zero-order valence-electron chi connectivity index (χ0n) is 28.2. The molecule has 0 saturated carbocycles. The molecule has 3 heterocycles. The van der Waals surface area contributed by atoms with Gasteiger partial charge in [-0.05, 0) is 37.1 Å². The van der Waals surface area contributed by atoms with Gasteiger partial charge in [0.25, 0.3) is 0 Å². The zero-order chi connectivity index (χ0) is 34.8. The van der Waals surface area contributed by atoms with E-state index in [0.29, 0.717) is 23.0 Å². The Kier molecular flexibility index (Phi) is 13.7. The van der Waals surface area contributed by atoms with Crippen molar-refractivity contribution in [2.75, 3.05) is 11.9 Å². The average molecular weight is 1050 g/mol. The van der Waals surface area contributed by atoms with Crippen molar-refractivity contribution in [3.05, 3.63) is 196 Å². The quantitative estimate of drug-likeness (QED) is 0.112. The summed E-state index contributed by atoms with van der Waals surface area (Å²) in [4.78, 5) is 8.56. The first kappa shape index (κ1) is 38.6. The third-order valence-electron chi connectivity index (χ3n) is 7.64. The number of anilines is 1. The molecular weight excluding hydrogens is 1020 g/mol. The number of para-hydroxylation sites is 1. The van der Waals surface area contributed by atoms with Crippen molar-refractivity contribution in [2.45, 2.75) is 0 Å². The van der Waals surface area contributed by atoms with Gasteiger partial charge in [0, 0.05) is 56.5 Å². The Hall–Kier alpha value is -5.59. The van der Waals surface area contributed by atoms with Gasteiger partial charge in [-0.3, -0.25) is 11.1 Å². The van der Waals surface area contributed by atoms with Crippen molar-refractivity contribution in [1.82, 2.24) is 14.5 Å². The fourth-order valence-electron chi connectivity index (χ4n) is 5.21. The van der Waals surface area contributed by atoms with Crippen LogP contribution in [0.5, 0.6) is 23.0 Å². The molecule has 5 aromatic carbocycles. The van der Waals surface area contributed by atoms with Crippen LogP contribution in [0.25, 0.3) is 33.5 Å². The van der Waals surface area contributed by atoms with Crippen LogP contribution in [0.2, 0.25) is 0 Å². The molecule has 1 aliphatic rings. The van der Waals surface area contributed by atoms with E-state index in [1.807, 2.05) is 139 Å². The Morgan fingerprint density at radius 2 is 1.38 bits per heavy atom. The molecule has 0 bridgehead atoms. The van der Waals surface area contributed by atoms with Crippen molar-refractivity contribution in [2.24, 2.45) is 0 Å². The van der Waals surface area contributed by atoms with Crippen LogP contribution >= 0.6 is 0 Å². The Balaban J connectivity index is 0.000000542. The van der Waals surface area contributed by atoms with Crippen LogP contribution in [-0.2, 0) is 42.1 Å². The van der Waals surface area contributed by atoms with Crippen molar-refractivity contribution in [1.29, 1.82) is 0 Å². The van der Waals surface area contributed by atoms with E-state index in [2.05, 4.69) is 59.6 Å². The second kappa shape index (κ2) is 18.8. The first-order valence-corrected chi connectivity index (χ1v) is 16.1. The first-order valence-electron chi connectivity index (χ1n) is 16.1. The molecule has 7 aromatic rings. The van der Waals surface area contributed by atoms with Gasteiger partial charge in [-0.1, -0.05) is 54.4 Å². The van der Waals surface area contributed by atoms with E-state index >= 15 is 0 Å². The Labute approximate surface area is 339 Å². The van der Waals surface area contributed by atoms with Crippen LogP contribution in [0.4, 0.5) is 5.69 Å². The van der Waals surface area contributed by atoms with E-state index in [9.17, 15) is 0 Å². The number of hydrogen-bond acceptors (Lipinski definition) is 5. The van der Waals surface area contributed by atoms with Gasteiger partial charge in [0.15, 0.2) is 0 Å². The number of hydrogen-bond donors (Lipinski definition) is 0. The minimum absolute atomic E-state index is 0. The topological polar surface area (TPSA) is 42.8 Å². The van der Waals surface area contributed by atoms with Gasteiger partial charge in [0.1, 0.15) is 0 Å². The molecule has 2 aromatic heterocycles. The SMILES string of the molecule is CN1C=CN(c2[c-]c(Oc3[c-]c(-c4cc(-c5[c-]c(Oc6[c-]cccc6)cc(-c6ccccc6)c5)[c-]cn4)ccc3)ccc2)[CH-]1.[C-]#Cn1cccc1.[Pt+4].[Pt]. The molecule has 0 unspecified atom stereocenters. The van der Waals surface area contributed by atoms with Gasteiger partial charge in [0.2, 0.25) is 0 Å². The van der Waals surface area contributed by atoms with Crippen molar-refractivity contribution >= 4 is 5.69 Å². The Morgan fingerprint density at radius 1 is 0.660 bits per heavy atom. The molecule has 0 amide bonds. The second-order valence-corrected chi connectivity index (χ2v) is 11.3. The third kappa shape index (κ3) is 10.3. The largest absolute Gasteiger partial charge is 4.00 e. The Morgan fingerprint density at radius 3 is 2.09 bits per heavy atom. The van der Waals surface area contributed by atoms with Crippen molar-refractivity contribution < 1.29 is 51.6 Å². The van der Waals surface area contributed by atoms with E-state index in [-0.39, 0.29) is 42.1 Å². The number of ether oxygens (including phenoxy) is 2. The van der Waals surface area contributed by atoms with Crippen LogP contribution in [0.15, 0.2) is 152 Å². The first-order chi connectivity index (χ1) is 25.1. The fourth-order valence-corrected chi connectivity index (χ4v) is 5.21. The normalized spacial score (nSPS) is 11.3. The van der Waals surface area contributed by atoms with Gasteiger partial charge < -0.3 is 35.2 Å². The summed E-state index contributed by atoms with van der Waals surface area (Å²) in [6, 6.07) is 57.7. The maximum atomic E-state index is 6.57. The zero-order valence-corrected chi connectivity index (χ0v) is 32.8. The Bertz CT molecular complexity index is 2290. The molecular formula is C45H29N4O2Pt2-3. The summed E-state index contributed by atoms with van der Waals surface area (Å²) in [6.45, 7) is 1.97. The summed E-state index contributed by atoms with van der Waals surface area (Å²) >= 11 is 0. The molecule has 0 spiro atoms. The van der Waals surface area contributed by atoms with E-state index in [0.717, 1.165) is 39.2 Å². The molecule has 8 heteroatoms. The smallest absolute Gasteiger partial charge is 0.669 e. The van der Waals surface area contributed by atoms with E-state index < -0.39 is 0 Å². The van der Waals surface area contributed by atoms with Crippen molar-refractivity contribution in [3.63, 3.8) is 0 Å². The van der Waals surface area contributed by atoms with Crippen LogP contribution in [0.1, 0.15) is 0 Å². The van der Waals surface area contributed by atoms with Gasteiger partial charge in [-0.2, -0.15) is 43.1 Å². The maximum Gasteiger partial charge on any atom is 4.00 e. The summed E-state index contributed by atoms with van der Waals surface area (Å²) in [6.07, 6.45) is 15.7. The monoisotopic (exact) mass is 1050 g/mol. The standard InChI is InChI=1S/C39H25N3O2.C6H4N.2Pt/c1-41-20-21-42(28-41)34-13-9-17-37(27-34)44-36-16-8-12-31(23-36)39-26-30(18-19-40-39)33-22-32(29-10-4-2-5-11-29)24-38(25-33)43-35-14-6-3-7-15-35;1-2-7-5-3-4-6-7;;/h2-14,16-17,19-22,24,26,28H,1H3;3-6H;;/q-6;-1;;+4. The predicted molar refractivity (Wildman–Crippen MR) is 198 cm³/mol. The van der Waals surface area contributed by atoms with Crippen LogP contribution in [-0.4, -0.2) is 21.5 Å². The molecule has 53 heavy (non-hydrogen) atoms. The molecule has 0 saturated heterocycles. The van der Waals surface area contributed by atoms with E-state index in [1.165, 1.54) is 0 Å². The molecule has 0 aliphatic carbocycles. The van der Waals surface area contributed by atoms with Gasteiger partial charge in [-0.25, -0.2) is 18.2 Å². The molecule has 8 rings (SSSR count). The predicted octanol–water partition coefficient (Wildman–Crippen LogP) is 9.89. The van der Waals surface area contributed by atoms with Crippen molar-refractivity contribution in [3.8, 4) is 62.6 Å². The molecule has 6 nitrogen and oxygen atoms in total. The summed E-state index contributed by atoms with van der Waals surface area (Å²) in [7, 11) is 1.98. The van der Waals surface area contributed by atoms with Gasteiger partial charge >= 0.3 is 21.1 Å². The molecule has 0 N–H and O–H groups in total. The number of nitrogens with zero attached hydrogens (tertiary/aromatic N) is 4. The number of rotatable bonds is 8. The summed E-state index contributed by atoms with van der Waals surface area (Å²) < 4.78 is 13.9. The average Bonchev–Trinajstić information content (AvgIpc) is 3.88. The second-order valence-electron chi connectivity index (χ2n) is 11.3. The van der Waals surface area contributed by atoms with Crippen LogP contribution in [0.3, 0.4) is 0 Å². The van der Waals surface area contributed by atoms with E-state index in [1.54, 1.807) is 23.2 Å². The number of benzene rings is 5. The summed E-state index contributed by atoms with van der Waals surface area (Å²) in [5.74, 6) is 2.37. The summed E-state index contributed by atoms with van der Waals surface area (Å²) in [5.41, 5.74) is 6.15. The fraction of sp³-hybridized carbons (Fsp3) is 0.0222. The molecule has 0 fully saturated rings. The molecule has 0 atom stereocenters.